The van der Waals surface area contributed by atoms with E-state index in [1.165, 1.54) is 12.8 Å². The van der Waals surface area contributed by atoms with E-state index in [0.29, 0.717) is 11.9 Å². The third kappa shape index (κ3) is 4.08. The summed E-state index contributed by atoms with van der Waals surface area (Å²) in [6, 6.07) is 0. The summed E-state index contributed by atoms with van der Waals surface area (Å²) >= 11 is 0. The number of hydrazine groups is 1. The predicted octanol–water partition coefficient (Wildman–Crippen LogP) is 1.24. The van der Waals surface area contributed by atoms with Gasteiger partial charge >= 0.3 is 0 Å². The minimum absolute atomic E-state index is 0.0994. The number of nitrogens with one attached hydrogen (secondary N) is 2. The van der Waals surface area contributed by atoms with Gasteiger partial charge in [-0.25, -0.2) is 5.84 Å². The van der Waals surface area contributed by atoms with Gasteiger partial charge in [0.25, 0.3) is 0 Å². The second-order valence-electron chi connectivity index (χ2n) is 5.35. The molecule has 88 valence electrons. The van der Waals surface area contributed by atoms with Gasteiger partial charge in [-0.15, -0.1) is 0 Å². The molecule has 0 bridgehead atoms. The van der Waals surface area contributed by atoms with Crippen molar-refractivity contribution in [3.8, 4) is 0 Å². The summed E-state index contributed by atoms with van der Waals surface area (Å²) in [6.45, 7) is 9.49. The van der Waals surface area contributed by atoms with Crippen LogP contribution in [0, 0.1) is 11.8 Å². The summed E-state index contributed by atoms with van der Waals surface area (Å²) in [7, 11) is 0. The number of guanidine groups is 1. The van der Waals surface area contributed by atoms with E-state index < -0.39 is 0 Å². The fraction of sp³-hybridized carbons (Fsp3) is 0.909. The summed E-state index contributed by atoms with van der Waals surface area (Å²) in [4.78, 5) is 4.41. The molecule has 1 rings (SSSR count). The van der Waals surface area contributed by atoms with Crippen molar-refractivity contribution in [3.63, 3.8) is 0 Å². The predicted molar refractivity (Wildman–Crippen MR) is 64.4 cm³/mol. The maximum atomic E-state index is 5.44. The van der Waals surface area contributed by atoms with Crippen LogP contribution in [-0.2, 0) is 0 Å². The van der Waals surface area contributed by atoms with Crippen LogP contribution in [0.4, 0.5) is 0 Å². The number of hydrogen-bond donors (Lipinski definition) is 3. The Morgan fingerprint density at radius 1 is 1.47 bits per heavy atom. The highest BCUT2D eigenvalue weighted by Crippen LogP contribution is 2.39. The zero-order valence-corrected chi connectivity index (χ0v) is 10.3. The lowest BCUT2D eigenvalue weighted by Gasteiger charge is -2.28. The molecule has 15 heavy (non-hydrogen) atoms. The average molecular weight is 212 g/mol. The molecule has 0 aromatic carbocycles. The molecule has 1 saturated carbocycles. The van der Waals surface area contributed by atoms with Crippen molar-refractivity contribution < 1.29 is 0 Å². The minimum Gasteiger partial charge on any atom is -0.350 e. The molecule has 4 nitrogen and oxygen atoms in total. The largest absolute Gasteiger partial charge is 0.350 e. The second-order valence-corrected chi connectivity index (χ2v) is 5.35. The zero-order chi connectivity index (χ0) is 11.5. The SMILES string of the molecule is CC(C)CN=C(NN)NC(C)(C)C1CC1. The van der Waals surface area contributed by atoms with Gasteiger partial charge in [-0.3, -0.25) is 10.4 Å². The molecule has 0 amide bonds. The molecule has 0 heterocycles. The molecule has 0 spiro atoms. The van der Waals surface area contributed by atoms with E-state index >= 15 is 0 Å². The molecule has 0 unspecified atom stereocenters. The highest BCUT2D eigenvalue weighted by atomic mass is 15.3. The maximum absolute atomic E-state index is 5.44. The third-order valence-corrected chi connectivity index (χ3v) is 2.79. The van der Waals surface area contributed by atoms with E-state index in [0.717, 1.165) is 12.5 Å². The van der Waals surface area contributed by atoms with Crippen LogP contribution in [0.2, 0.25) is 0 Å². The lowest BCUT2D eigenvalue weighted by molar-refractivity contribution is 0.395. The monoisotopic (exact) mass is 212 g/mol. The van der Waals surface area contributed by atoms with Crippen LogP contribution < -0.4 is 16.6 Å². The molecular formula is C11H24N4. The fourth-order valence-electron chi connectivity index (χ4n) is 1.61. The number of aliphatic imine (C=N–C) groups is 1. The lowest BCUT2D eigenvalue weighted by Crippen LogP contribution is -2.52. The van der Waals surface area contributed by atoms with E-state index in [1.54, 1.807) is 0 Å². The van der Waals surface area contributed by atoms with Crippen LogP contribution >= 0.6 is 0 Å². The molecule has 0 radical (unpaired) electrons. The molecule has 1 fully saturated rings. The topological polar surface area (TPSA) is 62.4 Å². The summed E-state index contributed by atoms with van der Waals surface area (Å²) < 4.78 is 0. The summed E-state index contributed by atoms with van der Waals surface area (Å²) in [6.07, 6.45) is 2.62. The number of rotatable bonds is 4. The summed E-state index contributed by atoms with van der Waals surface area (Å²) in [5.41, 5.74) is 2.73. The van der Waals surface area contributed by atoms with Gasteiger partial charge in [-0.05, 0) is 38.5 Å². The smallest absolute Gasteiger partial charge is 0.206 e. The van der Waals surface area contributed by atoms with Gasteiger partial charge in [-0.2, -0.15) is 0 Å². The molecule has 4 heteroatoms. The first-order valence-corrected chi connectivity index (χ1v) is 5.75. The van der Waals surface area contributed by atoms with E-state index in [2.05, 4.69) is 43.4 Å². The maximum Gasteiger partial charge on any atom is 0.206 e. The number of nitrogens with zero attached hydrogens (tertiary/aromatic N) is 1. The van der Waals surface area contributed by atoms with Gasteiger partial charge in [-0.1, -0.05) is 13.8 Å². The molecule has 1 aliphatic rings. The van der Waals surface area contributed by atoms with Crippen molar-refractivity contribution in [2.75, 3.05) is 6.54 Å². The molecule has 0 aromatic rings. The molecule has 0 aromatic heterocycles. The first-order chi connectivity index (χ1) is 6.95. The average Bonchev–Trinajstić information content (AvgIpc) is 2.94. The molecule has 0 aliphatic heterocycles. The van der Waals surface area contributed by atoms with E-state index in [1.807, 2.05) is 0 Å². The van der Waals surface area contributed by atoms with E-state index in [4.69, 9.17) is 5.84 Å². The first kappa shape index (κ1) is 12.3. The van der Waals surface area contributed by atoms with Gasteiger partial charge in [0.2, 0.25) is 5.96 Å². The first-order valence-electron chi connectivity index (χ1n) is 5.75. The van der Waals surface area contributed by atoms with Gasteiger partial charge in [0, 0.05) is 12.1 Å². The second kappa shape index (κ2) is 4.84. The van der Waals surface area contributed by atoms with Crippen molar-refractivity contribution in [1.82, 2.24) is 10.7 Å². The Labute approximate surface area is 92.7 Å². The highest BCUT2D eigenvalue weighted by Gasteiger charge is 2.38. The van der Waals surface area contributed by atoms with Crippen LogP contribution in [0.25, 0.3) is 0 Å². The highest BCUT2D eigenvalue weighted by molar-refractivity contribution is 5.80. The molecule has 0 saturated heterocycles. The Bertz CT molecular complexity index is 229. The third-order valence-electron chi connectivity index (χ3n) is 2.79. The summed E-state index contributed by atoms with van der Waals surface area (Å²) in [5.74, 6) is 7.47. The lowest BCUT2D eigenvalue weighted by atomic mass is 9.99. The molecule has 1 aliphatic carbocycles. The summed E-state index contributed by atoms with van der Waals surface area (Å²) in [5, 5.41) is 3.37. The van der Waals surface area contributed by atoms with Gasteiger partial charge < -0.3 is 5.32 Å². The van der Waals surface area contributed by atoms with Crippen LogP contribution in [0.5, 0.6) is 0 Å². The Hall–Kier alpha value is -0.770. The molecule has 4 N–H and O–H groups in total. The van der Waals surface area contributed by atoms with Gasteiger partial charge in [0.15, 0.2) is 0 Å². The number of nitrogens with two attached hydrogens (primary N) is 1. The fourth-order valence-corrected chi connectivity index (χ4v) is 1.61. The van der Waals surface area contributed by atoms with Crippen molar-refractivity contribution in [2.45, 2.75) is 46.1 Å². The Morgan fingerprint density at radius 2 is 2.07 bits per heavy atom. The van der Waals surface area contributed by atoms with Crippen LogP contribution in [0.3, 0.4) is 0 Å². The molecule has 0 atom stereocenters. The van der Waals surface area contributed by atoms with Crippen LogP contribution in [0.1, 0.15) is 40.5 Å². The van der Waals surface area contributed by atoms with Crippen LogP contribution in [-0.4, -0.2) is 18.0 Å². The van der Waals surface area contributed by atoms with Crippen molar-refractivity contribution in [2.24, 2.45) is 22.7 Å². The Morgan fingerprint density at radius 3 is 2.47 bits per heavy atom. The van der Waals surface area contributed by atoms with Crippen molar-refractivity contribution >= 4 is 5.96 Å². The van der Waals surface area contributed by atoms with E-state index in [-0.39, 0.29) is 5.54 Å². The van der Waals surface area contributed by atoms with E-state index in [9.17, 15) is 0 Å². The number of hydrogen-bond acceptors (Lipinski definition) is 2. The zero-order valence-electron chi connectivity index (χ0n) is 10.3. The Balaban J connectivity index is 2.48. The quantitative estimate of drug-likeness (QED) is 0.284. The normalized spacial score (nSPS) is 18.1. The van der Waals surface area contributed by atoms with Crippen LogP contribution in [0.15, 0.2) is 4.99 Å². The van der Waals surface area contributed by atoms with Crippen molar-refractivity contribution in [1.29, 1.82) is 0 Å². The Kier molecular flexibility index (Phi) is 3.97. The standard InChI is InChI=1S/C11H24N4/c1-8(2)7-13-10(15-12)14-11(3,4)9-5-6-9/h8-9H,5-7,12H2,1-4H3,(H2,13,14,15). The van der Waals surface area contributed by atoms with Crippen molar-refractivity contribution in [3.05, 3.63) is 0 Å². The minimum atomic E-state index is 0.0994. The van der Waals surface area contributed by atoms with Gasteiger partial charge in [0.1, 0.15) is 0 Å². The molecular weight excluding hydrogens is 188 g/mol. The van der Waals surface area contributed by atoms with Gasteiger partial charge in [0.05, 0.1) is 0 Å².